The normalized spacial score (nSPS) is 28.8. The van der Waals surface area contributed by atoms with Crippen LogP contribution in [0.4, 0.5) is 5.69 Å². The highest BCUT2D eigenvalue weighted by molar-refractivity contribution is 5.79. The van der Waals surface area contributed by atoms with Gasteiger partial charge in [0.2, 0.25) is 5.91 Å². The smallest absolute Gasteiger partial charge is 0.272 e. The second kappa shape index (κ2) is 6.28. The zero-order chi connectivity index (χ0) is 16.6. The molecule has 4 atom stereocenters. The van der Waals surface area contributed by atoms with E-state index in [2.05, 4.69) is 5.32 Å². The van der Waals surface area contributed by atoms with Gasteiger partial charge < -0.3 is 10.4 Å². The summed E-state index contributed by atoms with van der Waals surface area (Å²) >= 11 is 0. The summed E-state index contributed by atoms with van der Waals surface area (Å²) in [6.45, 7) is 1.79. The van der Waals surface area contributed by atoms with Crippen LogP contribution in [0.15, 0.2) is 18.2 Å². The Morgan fingerprint density at radius 2 is 2.13 bits per heavy atom. The Hall–Kier alpha value is -1.95. The summed E-state index contributed by atoms with van der Waals surface area (Å²) in [6.07, 6.45) is 3.49. The molecule has 0 heterocycles. The van der Waals surface area contributed by atoms with Gasteiger partial charge in [0.15, 0.2) is 0 Å². The van der Waals surface area contributed by atoms with E-state index in [1.807, 2.05) is 0 Å². The first kappa shape index (κ1) is 15.9. The molecular formula is C17H22N2O4. The number of nitro benzene ring substituents is 1. The molecule has 23 heavy (non-hydrogen) atoms. The Bertz CT molecular complexity index is 631. The van der Waals surface area contributed by atoms with Crippen molar-refractivity contribution in [1.82, 2.24) is 5.32 Å². The minimum Gasteiger partial charge on any atom is -0.396 e. The lowest BCUT2D eigenvalue weighted by molar-refractivity contribution is -0.385. The van der Waals surface area contributed by atoms with E-state index in [9.17, 15) is 20.0 Å². The number of nitrogens with zero attached hydrogens (tertiary/aromatic N) is 1. The van der Waals surface area contributed by atoms with E-state index >= 15 is 0 Å². The van der Waals surface area contributed by atoms with Gasteiger partial charge >= 0.3 is 0 Å². The number of nitrogens with one attached hydrogen (secondary N) is 1. The number of amides is 1. The number of carbonyl (C=O) groups is 1. The molecule has 124 valence electrons. The topological polar surface area (TPSA) is 92.5 Å². The van der Waals surface area contributed by atoms with E-state index in [0.717, 1.165) is 19.3 Å². The monoisotopic (exact) mass is 318 g/mol. The van der Waals surface area contributed by atoms with Gasteiger partial charge in [-0.25, -0.2) is 0 Å². The van der Waals surface area contributed by atoms with E-state index < -0.39 is 4.92 Å². The molecule has 0 saturated heterocycles. The molecule has 0 aromatic heterocycles. The van der Waals surface area contributed by atoms with Gasteiger partial charge in [0.25, 0.3) is 5.69 Å². The van der Waals surface area contributed by atoms with Crippen molar-refractivity contribution in [2.75, 3.05) is 6.61 Å². The lowest BCUT2D eigenvalue weighted by Gasteiger charge is -2.30. The van der Waals surface area contributed by atoms with Gasteiger partial charge in [-0.15, -0.1) is 0 Å². The molecule has 2 saturated carbocycles. The summed E-state index contributed by atoms with van der Waals surface area (Å²) in [5, 5.41) is 23.6. The van der Waals surface area contributed by atoms with Crippen molar-refractivity contribution in [3.8, 4) is 0 Å². The largest absolute Gasteiger partial charge is 0.396 e. The summed E-state index contributed by atoms with van der Waals surface area (Å²) in [5.41, 5.74) is 1.27. The molecule has 0 aliphatic heterocycles. The molecule has 4 unspecified atom stereocenters. The Labute approximate surface area is 135 Å². The number of hydrogen-bond donors (Lipinski definition) is 2. The molecule has 2 N–H and O–H groups in total. The van der Waals surface area contributed by atoms with Crippen LogP contribution in [0.2, 0.25) is 0 Å². The van der Waals surface area contributed by atoms with Crippen LogP contribution >= 0.6 is 0 Å². The van der Waals surface area contributed by atoms with Crippen LogP contribution in [0.25, 0.3) is 0 Å². The molecule has 1 aromatic carbocycles. The molecule has 2 fully saturated rings. The lowest BCUT2D eigenvalue weighted by Crippen LogP contribution is -2.45. The Morgan fingerprint density at radius 1 is 1.39 bits per heavy atom. The molecular weight excluding hydrogens is 296 g/mol. The van der Waals surface area contributed by atoms with E-state index in [0.29, 0.717) is 23.0 Å². The maximum Gasteiger partial charge on any atom is 0.272 e. The first-order chi connectivity index (χ1) is 11.0. The van der Waals surface area contributed by atoms with E-state index in [-0.39, 0.29) is 36.6 Å². The van der Waals surface area contributed by atoms with Crippen LogP contribution in [0, 0.1) is 34.8 Å². The summed E-state index contributed by atoms with van der Waals surface area (Å²) in [7, 11) is 0. The van der Waals surface area contributed by atoms with Crippen LogP contribution in [-0.2, 0) is 11.2 Å². The Morgan fingerprint density at radius 3 is 2.83 bits per heavy atom. The molecule has 6 heteroatoms. The van der Waals surface area contributed by atoms with Gasteiger partial charge in [-0.2, -0.15) is 0 Å². The summed E-state index contributed by atoms with van der Waals surface area (Å²) in [5.74, 6) is 1.02. The first-order valence-electron chi connectivity index (χ1n) is 8.14. The zero-order valence-electron chi connectivity index (χ0n) is 13.2. The fourth-order valence-corrected chi connectivity index (χ4v) is 4.37. The maximum absolute atomic E-state index is 12.4. The number of benzene rings is 1. The molecule has 0 radical (unpaired) electrons. The predicted molar refractivity (Wildman–Crippen MR) is 84.9 cm³/mol. The van der Waals surface area contributed by atoms with Crippen LogP contribution in [-0.4, -0.2) is 28.6 Å². The number of carbonyl (C=O) groups excluding carboxylic acids is 1. The molecule has 0 spiro atoms. The molecule has 1 amide bonds. The van der Waals surface area contributed by atoms with Gasteiger partial charge in [0.1, 0.15) is 0 Å². The summed E-state index contributed by atoms with van der Waals surface area (Å²) < 4.78 is 0. The van der Waals surface area contributed by atoms with Gasteiger partial charge in [0.05, 0.1) is 11.3 Å². The van der Waals surface area contributed by atoms with Gasteiger partial charge in [-0.05, 0) is 43.6 Å². The SMILES string of the molecule is Cc1c(CC(=O)NC2C3CCC(C3)C2CO)cccc1[N+](=O)[O-]. The molecule has 3 rings (SSSR count). The Balaban J connectivity index is 1.68. The average Bonchev–Trinajstić information content (AvgIpc) is 3.10. The summed E-state index contributed by atoms with van der Waals surface area (Å²) in [4.78, 5) is 22.9. The highest BCUT2D eigenvalue weighted by Gasteiger charge is 2.47. The highest BCUT2D eigenvalue weighted by Crippen LogP contribution is 2.48. The summed E-state index contributed by atoms with van der Waals surface area (Å²) in [6, 6.07) is 4.87. The third kappa shape index (κ3) is 2.95. The molecule has 2 aliphatic rings. The molecule has 1 aromatic rings. The number of nitro groups is 1. The second-order valence-electron chi connectivity index (χ2n) is 6.77. The molecule has 6 nitrogen and oxygen atoms in total. The zero-order valence-corrected chi connectivity index (χ0v) is 13.2. The van der Waals surface area contributed by atoms with E-state index in [1.54, 1.807) is 19.1 Å². The number of aliphatic hydroxyl groups excluding tert-OH is 1. The quantitative estimate of drug-likeness (QED) is 0.641. The van der Waals surface area contributed by atoms with Crippen molar-refractivity contribution >= 4 is 11.6 Å². The Kier molecular flexibility index (Phi) is 4.35. The van der Waals surface area contributed by atoms with Crippen molar-refractivity contribution < 1.29 is 14.8 Å². The lowest BCUT2D eigenvalue weighted by atomic mass is 9.85. The fourth-order valence-electron chi connectivity index (χ4n) is 4.37. The standard InChI is InChI=1S/C17H22N2O4/c1-10-11(3-2-4-15(10)19(22)23)8-16(21)18-17-13-6-5-12(7-13)14(17)9-20/h2-4,12-14,17,20H,5-9H2,1H3,(H,18,21). The third-order valence-electron chi connectivity index (χ3n) is 5.59. The van der Waals surface area contributed by atoms with Crippen molar-refractivity contribution in [1.29, 1.82) is 0 Å². The van der Waals surface area contributed by atoms with Crippen LogP contribution in [0.1, 0.15) is 30.4 Å². The fraction of sp³-hybridized carbons (Fsp3) is 0.588. The molecule has 2 aliphatic carbocycles. The van der Waals surface area contributed by atoms with Gasteiger partial charge in [-0.1, -0.05) is 12.1 Å². The third-order valence-corrected chi connectivity index (χ3v) is 5.59. The van der Waals surface area contributed by atoms with E-state index in [4.69, 9.17) is 0 Å². The van der Waals surface area contributed by atoms with Gasteiger partial charge in [0, 0.05) is 30.2 Å². The number of rotatable bonds is 5. The number of fused-ring (bicyclic) bond motifs is 2. The van der Waals surface area contributed by atoms with Crippen molar-refractivity contribution in [2.45, 2.75) is 38.6 Å². The maximum atomic E-state index is 12.4. The number of aliphatic hydroxyl groups is 1. The van der Waals surface area contributed by atoms with Crippen LogP contribution in [0.5, 0.6) is 0 Å². The minimum absolute atomic E-state index is 0.0449. The van der Waals surface area contributed by atoms with E-state index in [1.165, 1.54) is 6.07 Å². The minimum atomic E-state index is -0.422. The van der Waals surface area contributed by atoms with Gasteiger partial charge in [-0.3, -0.25) is 14.9 Å². The van der Waals surface area contributed by atoms with Crippen LogP contribution in [0.3, 0.4) is 0 Å². The number of hydrogen-bond acceptors (Lipinski definition) is 4. The highest BCUT2D eigenvalue weighted by atomic mass is 16.6. The van der Waals surface area contributed by atoms with Crippen molar-refractivity contribution in [2.24, 2.45) is 17.8 Å². The molecule has 2 bridgehead atoms. The van der Waals surface area contributed by atoms with Crippen molar-refractivity contribution in [3.63, 3.8) is 0 Å². The van der Waals surface area contributed by atoms with Crippen LogP contribution < -0.4 is 5.32 Å². The van der Waals surface area contributed by atoms with Crippen molar-refractivity contribution in [3.05, 3.63) is 39.4 Å². The predicted octanol–water partition coefficient (Wildman–Crippen LogP) is 1.97. The second-order valence-corrected chi connectivity index (χ2v) is 6.77. The first-order valence-corrected chi connectivity index (χ1v) is 8.14. The average molecular weight is 318 g/mol.